The Hall–Kier alpha value is -2.69. The van der Waals surface area contributed by atoms with Crippen molar-refractivity contribution in [3.05, 3.63) is 48.0 Å². The van der Waals surface area contributed by atoms with Crippen LogP contribution in [0.1, 0.15) is 26.3 Å². The quantitative estimate of drug-likeness (QED) is 0.821. The highest BCUT2D eigenvalue weighted by molar-refractivity contribution is 5.93. The summed E-state index contributed by atoms with van der Waals surface area (Å²) in [6.45, 7) is 6.05. The molecule has 0 fully saturated rings. The van der Waals surface area contributed by atoms with E-state index in [0.29, 0.717) is 11.4 Å². The van der Waals surface area contributed by atoms with E-state index in [2.05, 4.69) is 26.1 Å². The van der Waals surface area contributed by atoms with Crippen LogP contribution in [0.2, 0.25) is 0 Å². The summed E-state index contributed by atoms with van der Waals surface area (Å²) in [5, 5.41) is 12.6. The van der Waals surface area contributed by atoms with Crippen LogP contribution in [0.4, 0.5) is 5.69 Å². The summed E-state index contributed by atoms with van der Waals surface area (Å²) in [5.74, 6) is 0.974. The molecule has 1 amide bonds. The molecule has 0 saturated heterocycles. The summed E-state index contributed by atoms with van der Waals surface area (Å²) in [4.78, 5) is 12.1. The Morgan fingerprint density at radius 3 is 2.29 bits per heavy atom. The third-order valence-electron chi connectivity index (χ3n) is 3.57. The number of carbonyl (C=O) groups excluding carboxylic acids is 1. The summed E-state index contributed by atoms with van der Waals surface area (Å²) >= 11 is 0. The zero-order valence-corrected chi connectivity index (χ0v) is 14.4. The molecular formula is C19H23NO4. The molecule has 5 nitrogen and oxygen atoms in total. The fourth-order valence-corrected chi connectivity index (χ4v) is 2.11. The van der Waals surface area contributed by atoms with Crippen LogP contribution in [0.5, 0.6) is 17.2 Å². The van der Waals surface area contributed by atoms with Crippen LogP contribution in [-0.2, 0) is 10.2 Å². The average Bonchev–Trinajstić information content (AvgIpc) is 2.54. The van der Waals surface area contributed by atoms with Gasteiger partial charge in [0.1, 0.15) is 17.2 Å². The van der Waals surface area contributed by atoms with Crippen LogP contribution in [-0.4, -0.2) is 24.7 Å². The number of hydrogen-bond acceptors (Lipinski definition) is 4. The fraction of sp³-hybridized carbons (Fsp3) is 0.316. The van der Waals surface area contributed by atoms with Crippen LogP contribution in [0.15, 0.2) is 42.5 Å². The van der Waals surface area contributed by atoms with E-state index in [1.165, 1.54) is 0 Å². The van der Waals surface area contributed by atoms with Gasteiger partial charge in [-0.25, -0.2) is 0 Å². The fourth-order valence-electron chi connectivity index (χ4n) is 2.11. The molecule has 0 unspecified atom stereocenters. The Morgan fingerprint density at radius 2 is 1.71 bits per heavy atom. The van der Waals surface area contributed by atoms with Crippen molar-refractivity contribution in [3.8, 4) is 17.2 Å². The summed E-state index contributed by atoms with van der Waals surface area (Å²) < 4.78 is 10.5. The second-order valence-electron chi connectivity index (χ2n) is 6.49. The molecule has 2 N–H and O–H groups in total. The van der Waals surface area contributed by atoms with Crippen LogP contribution < -0.4 is 14.8 Å². The number of anilines is 1. The van der Waals surface area contributed by atoms with E-state index in [9.17, 15) is 9.90 Å². The lowest BCUT2D eigenvalue weighted by molar-refractivity contribution is -0.118. The summed E-state index contributed by atoms with van der Waals surface area (Å²) in [7, 11) is 1.58. The minimum absolute atomic E-state index is 0.0285. The van der Waals surface area contributed by atoms with Gasteiger partial charge >= 0.3 is 0 Å². The van der Waals surface area contributed by atoms with Crippen molar-refractivity contribution >= 4 is 11.6 Å². The van der Waals surface area contributed by atoms with Crippen molar-refractivity contribution in [3.63, 3.8) is 0 Å². The molecule has 0 spiro atoms. The Balaban J connectivity index is 1.99. The largest absolute Gasteiger partial charge is 0.506 e. The summed E-state index contributed by atoms with van der Waals surface area (Å²) in [6, 6.07) is 12.2. The normalized spacial score (nSPS) is 11.0. The lowest BCUT2D eigenvalue weighted by Gasteiger charge is -2.20. The number of carbonyl (C=O) groups is 1. The van der Waals surface area contributed by atoms with Gasteiger partial charge in [-0.2, -0.15) is 0 Å². The molecule has 2 aromatic rings. The predicted octanol–water partition coefficient (Wildman–Crippen LogP) is 3.72. The first-order chi connectivity index (χ1) is 11.3. The van der Waals surface area contributed by atoms with Gasteiger partial charge in [0.05, 0.1) is 12.8 Å². The molecular weight excluding hydrogens is 306 g/mol. The number of nitrogens with one attached hydrogen (secondary N) is 1. The van der Waals surface area contributed by atoms with Crippen molar-refractivity contribution in [2.45, 2.75) is 26.2 Å². The molecule has 128 valence electrons. The topological polar surface area (TPSA) is 67.8 Å². The number of aromatic hydroxyl groups is 1. The van der Waals surface area contributed by atoms with Gasteiger partial charge in [0.2, 0.25) is 0 Å². The molecule has 0 atom stereocenters. The molecule has 2 rings (SSSR count). The lowest BCUT2D eigenvalue weighted by atomic mass is 9.87. The molecule has 0 aliphatic carbocycles. The second kappa shape index (κ2) is 7.25. The minimum Gasteiger partial charge on any atom is -0.506 e. The second-order valence-corrected chi connectivity index (χ2v) is 6.49. The van der Waals surface area contributed by atoms with Gasteiger partial charge in [-0.05, 0) is 47.4 Å². The summed E-state index contributed by atoms with van der Waals surface area (Å²) in [6.07, 6.45) is 0. The first-order valence-corrected chi connectivity index (χ1v) is 7.70. The number of amides is 1. The van der Waals surface area contributed by atoms with Gasteiger partial charge in [0.15, 0.2) is 6.61 Å². The number of benzene rings is 2. The highest BCUT2D eigenvalue weighted by atomic mass is 16.5. The molecule has 24 heavy (non-hydrogen) atoms. The first kappa shape index (κ1) is 17.7. The Morgan fingerprint density at radius 1 is 1.08 bits per heavy atom. The smallest absolute Gasteiger partial charge is 0.262 e. The van der Waals surface area contributed by atoms with Crippen LogP contribution in [0.25, 0.3) is 0 Å². The number of ether oxygens (including phenoxy) is 2. The van der Waals surface area contributed by atoms with E-state index in [4.69, 9.17) is 9.47 Å². The number of phenols is 1. The highest BCUT2D eigenvalue weighted by Gasteiger charge is 2.16. The van der Waals surface area contributed by atoms with Gasteiger partial charge < -0.3 is 19.9 Å². The van der Waals surface area contributed by atoms with Crippen molar-refractivity contribution in [1.82, 2.24) is 0 Å². The van der Waals surface area contributed by atoms with Gasteiger partial charge in [0.25, 0.3) is 5.91 Å². The van der Waals surface area contributed by atoms with Crippen LogP contribution in [0.3, 0.4) is 0 Å². The molecule has 0 heterocycles. The van der Waals surface area contributed by atoms with Gasteiger partial charge in [0, 0.05) is 0 Å². The van der Waals surface area contributed by atoms with Crippen molar-refractivity contribution in [1.29, 1.82) is 0 Å². The molecule has 0 saturated carbocycles. The standard InChI is InChI=1S/C19H23NO4/c1-19(2,3)13-5-10-17(21)16(11-13)20-18(22)12-24-15-8-6-14(23-4)7-9-15/h5-11,21H,12H2,1-4H3,(H,20,22). The Kier molecular flexibility index (Phi) is 5.34. The zero-order chi connectivity index (χ0) is 17.7. The Bertz CT molecular complexity index is 702. The van der Waals surface area contributed by atoms with Crippen LogP contribution in [0, 0.1) is 0 Å². The van der Waals surface area contributed by atoms with Crippen molar-refractivity contribution in [2.75, 3.05) is 19.0 Å². The van der Waals surface area contributed by atoms with Gasteiger partial charge in [-0.3, -0.25) is 4.79 Å². The maximum absolute atomic E-state index is 12.1. The van der Waals surface area contributed by atoms with Crippen LogP contribution >= 0.6 is 0 Å². The number of hydrogen-bond donors (Lipinski definition) is 2. The average molecular weight is 329 g/mol. The lowest BCUT2D eigenvalue weighted by Crippen LogP contribution is -2.21. The molecule has 0 aromatic heterocycles. The molecule has 2 aromatic carbocycles. The summed E-state index contributed by atoms with van der Waals surface area (Å²) in [5.41, 5.74) is 1.32. The van der Waals surface area contributed by atoms with E-state index >= 15 is 0 Å². The zero-order valence-electron chi connectivity index (χ0n) is 14.4. The molecule has 0 aliphatic heterocycles. The maximum Gasteiger partial charge on any atom is 0.262 e. The van der Waals surface area contributed by atoms with E-state index in [-0.39, 0.29) is 23.7 Å². The molecule has 0 radical (unpaired) electrons. The van der Waals surface area contributed by atoms with E-state index < -0.39 is 0 Å². The Labute approximate surface area is 142 Å². The number of methoxy groups -OCH3 is 1. The third-order valence-corrected chi connectivity index (χ3v) is 3.57. The number of phenolic OH excluding ortho intramolecular Hbond substituents is 1. The first-order valence-electron chi connectivity index (χ1n) is 7.70. The molecule has 5 heteroatoms. The van der Waals surface area contributed by atoms with E-state index in [0.717, 1.165) is 11.3 Å². The van der Waals surface area contributed by atoms with E-state index in [1.807, 2.05) is 6.07 Å². The van der Waals surface area contributed by atoms with Gasteiger partial charge in [-0.15, -0.1) is 0 Å². The maximum atomic E-state index is 12.1. The van der Waals surface area contributed by atoms with E-state index in [1.54, 1.807) is 43.5 Å². The third kappa shape index (κ3) is 4.65. The van der Waals surface area contributed by atoms with Gasteiger partial charge in [-0.1, -0.05) is 26.8 Å². The predicted molar refractivity (Wildman–Crippen MR) is 93.9 cm³/mol. The molecule has 0 aliphatic rings. The van der Waals surface area contributed by atoms with Crippen molar-refractivity contribution < 1.29 is 19.4 Å². The van der Waals surface area contributed by atoms with Crippen molar-refractivity contribution in [2.24, 2.45) is 0 Å². The monoisotopic (exact) mass is 329 g/mol. The number of rotatable bonds is 5. The molecule has 0 bridgehead atoms. The minimum atomic E-state index is -0.341. The highest BCUT2D eigenvalue weighted by Crippen LogP contribution is 2.30. The SMILES string of the molecule is COc1ccc(OCC(=O)Nc2cc(C(C)(C)C)ccc2O)cc1.